The fraction of sp³-hybridized carbons (Fsp3) is 0.111. The molecule has 140 valence electrons. The number of benzene rings is 2. The average molecular weight is 425 g/mol. The molecule has 1 heterocycles. The number of halogens is 2. The molecule has 1 fully saturated rings. The molecule has 1 saturated heterocycles. The number of likely N-dealkylation sites (N-methyl/N-ethyl adjacent to an activating group) is 1. The third kappa shape index (κ3) is 4.23. The predicted molar refractivity (Wildman–Crippen MR) is 105 cm³/mol. The van der Waals surface area contributed by atoms with Crippen molar-refractivity contribution in [3.8, 4) is 0 Å². The van der Waals surface area contributed by atoms with Crippen LogP contribution in [0.1, 0.15) is 12.5 Å². The molecule has 0 atom stereocenters. The topological polar surface area (TPSA) is 66.8 Å². The number of carbonyl (C=O) groups excluding carboxylic acids is 1. The van der Waals surface area contributed by atoms with Gasteiger partial charge in [-0.3, -0.25) is 9.69 Å². The first-order chi connectivity index (χ1) is 12.8. The lowest BCUT2D eigenvalue weighted by Gasteiger charge is -2.11. The van der Waals surface area contributed by atoms with Crippen LogP contribution in [0, 0.1) is 5.82 Å². The monoisotopic (exact) mass is 424 g/mol. The Morgan fingerprint density at radius 3 is 2.48 bits per heavy atom. The van der Waals surface area contributed by atoms with Crippen molar-refractivity contribution < 1.29 is 17.6 Å². The van der Waals surface area contributed by atoms with Crippen LogP contribution in [0.15, 0.2) is 62.7 Å². The minimum absolute atomic E-state index is 0.0278. The van der Waals surface area contributed by atoms with Crippen LogP contribution >= 0.6 is 23.4 Å². The number of hydrogen-bond acceptors (Lipinski definition) is 4. The molecule has 9 heteroatoms. The quantitative estimate of drug-likeness (QED) is 0.691. The summed E-state index contributed by atoms with van der Waals surface area (Å²) < 4.78 is 42.7. The van der Waals surface area contributed by atoms with Crippen LogP contribution in [0.5, 0.6) is 0 Å². The second kappa shape index (κ2) is 7.84. The van der Waals surface area contributed by atoms with Crippen LogP contribution in [0.2, 0.25) is 5.02 Å². The van der Waals surface area contributed by atoms with Gasteiger partial charge in [0.05, 0.1) is 9.80 Å². The van der Waals surface area contributed by atoms with E-state index in [1.807, 2.05) is 0 Å². The van der Waals surface area contributed by atoms with Crippen molar-refractivity contribution in [3.63, 3.8) is 0 Å². The van der Waals surface area contributed by atoms with Gasteiger partial charge >= 0.3 is 0 Å². The van der Waals surface area contributed by atoms with Crippen LogP contribution < -0.4 is 0 Å². The fourth-order valence-corrected chi connectivity index (χ4v) is 4.71. The molecule has 0 aliphatic carbocycles. The van der Waals surface area contributed by atoms with Crippen molar-refractivity contribution in [1.82, 2.24) is 4.90 Å². The van der Waals surface area contributed by atoms with E-state index in [1.54, 1.807) is 19.1 Å². The lowest BCUT2D eigenvalue weighted by atomic mass is 10.2. The number of rotatable bonds is 4. The van der Waals surface area contributed by atoms with Crippen molar-refractivity contribution in [2.24, 2.45) is 4.40 Å². The summed E-state index contributed by atoms with van der Waals surface area (Å²) in [5.41, 5.74) is 0.242. The summed E-state index contributed by atoms with van der Waals surface area (Å²) in [7, 11) is -4.02. The number of hydrogen-bond donors (Lipinski definition) is 0. The molecule has 3 rings (SSSR count). The van der Waals surface area contributed by atoms with E-state index in [4.69, 9.17) is 11.6 Å². The first-order valence-corrected chi connectivity index (χ1v) is 10.5. The largest absolute Gasteiger partial charge is 0.286 e. The van der Waals surface area contributed by atoms with E-state index in [9.17, 15) is 17.6 Å². The first-order valence-electron chi connectivity index (χ1n) is 7.88. The van der Waals surface area contributed by atoms with E-state index in [2.05, 4.69) is 4.40 Å². The summed E-state index contributed by atoms with van der Waals surface area (Å²) in [6, 6.07) is 11.6. The predicted octanol–water partition coefficient (Wildman–Crippen LogP) is 4.16. The summed E-state index contributed by atoms with van der Waals surface area (Å²) in [6.45, 7) is 1.93. The molecule has 0 aromatic heterocycles. The van der Waals surface area contributed by atoms with E-state index >= 15 is 0 Å². The van der Waals surface area contributed by atoms with Crippen LogP contribution in [0.25, 0.3) is 6.08 Å². The van der Waals surface area contributed by atoms with Crippen molar-refractivity contribution in [2.75, 3.05) is 6.54 Å². The van der Waals surface area contributed by atoms with Crippen molar-refractivity contribution in [3.05, 3.63) is 69.8 Å². The second-order valence-electron chi connectivity index (χ2n) is 5.48. The van der Waals surface area contributed by atoms with Gasteiger partial charge in [-0.25, -0.2) is 4.39 Å². The highest BCUT2D eigenvalue weighted by Gasteiger charge is 2.34. The van der Waals surface area contributed by atoms with Crippen LogP contribution in [0.4, 0.5) is 4.39 Å². The summed E-state index contributed by atoms with van der Waals surface area (Å²) in [5.74, 6) is -0.892. The van der Waals surface area contributed by atoms with Gasteiger partial charge in [-0.05, 0) is 55.1 Å². The van der Waals surface area contributed by atoms with Gasteiger partial charge in [0.2, 0.25) is 0 Å². The Morgan fingerprint density at radius 1 is 1.19 bits per heavy atom. The Kier molecular flexibility index (Phi) is 5.69. The smallest absolute Gasteiger partial charge is 0.284 e. The molecule has 1 amide bonds. The minimum atomic E-state index is -4.02. The molecule has 2 aromatic carbocycles. The molecule has 1 aliphatic heterocycles. The normalized spacial score (nSPS) is 17.9. The summed E-state index contributed by atoms with van der Waals surface area (Å²) in [6.07, 6.45) is 1.39. The van der Waals surface area contributed by atoms with Gasteiger partial charge in [-0.2, -0.15) is 8.42 Å². The highest BCUT2D eigenvalue weighted by Crippen LogP contribution is 2.34. The van der Waals surface area contributed by atoms with Crippen molar-refractivity contribution >= 4 is 50.5 Å². The van der Waals surface area contributed by atoms with E-state index in [0.717, 1.165) is 11.8 Å². The van der Waals surface area contributed by atoms with E-state index in [1.165, 1.54) is 47.4 Å². The standard InChI is InChI=1S/C18H14ClFN2O3S2/c1-2-22-17(23)16(11-12-5-3-4-6-15(12)20)26-18(22)21-27(24,25)14-9-7-13(19)8-10-14/h3-11H,2H2,1H3/b16-11-,21-18+. The fourth-order valence-electron chi connectivity index (χ4n) is 2.35. The Balaban J connectivity index is 1.98. The lowest BCUT2D eigenvalue weighted by molar-refractivity contribution is -0.122. The zero-order valence-corrected chi connectivity index (χ0v) is 16.5. The molecular formula is C18H14ClFN2O3S2. The number of amides is 1. The highest BCUT2D eigenvalue weighted by molar-refractivity contribution is 8.19. The van der Waals surface area contributed by atoms with Gasteiger partial charge in [0, 0.05) is 17.1 Å². The van der Waals surface area contributed by atoms with Crippen LogP contribution in [0.3, 0.4) is 0 Å². The van der Waals surface area contributed by atoms with Gasteiger partial charge in [0.1, 0.15) is 5.82 Å². The summed E-state index contributed by atoms with van der Waals surface area (Å²) >= 11 is 6.68. The maximum atomic E-state index is 13.9. The maximum absolute atomic E-state index is 13.9. The zero-order valence-electron chi connectivity index (χ0n) is 14.1. The van der Waals surface area contributed by atoms with Gasteiger partial charge in [-0.1, -0.05) is 29.8 Å². The van der Waals surface area contributed by atoms with Gasteiger partial charge in [-0.15, -0.1) is 4.40 Å². The number of sulfonamides is 1. The van der Waals surface area contributed by atoms with Gasteiger partial charge in [0.15, 0.2) is 5.17 Å². The minimum Gasteiger partial charge on any atom is -0.286 e. The SMILES string of the molecule is CCN1C(=O)/C(=C/c2ccccc2F)S/C1=N/S(=O)(=O)c1ccc(Cl)cc1. The Bertz CT molecular complexity index is 1050. The van der Waals surface area contributed by atoms with Gasteiger partial charge in [0.25, 0.3) is 15.9 Å². The number of thioether (sulfide) groups is 1. The molecule has 27 heavy (non-hydrogen) atoms. The average Bonchev–Trinajstić information content (AvgIpc) is 2.91. The van der Waals surface area contributed by atoms with Crippen LogP contribution in [-0.2, 0) is 14.8 Å². The van der Waals surface area contributed by atoms with Gasteiger partial charge < -0.3 is 0 Å². The maximum Gasteiger partial charge on any atom is 0.284 e. The number of carbonyl (C=O) groups is 1. The third-order valence-electron chi connectivity index (χ3n) is 3.71. The molecule has 2 aromatic rings. The highest BCUT2D eigenvalue weighted by atomic mass is 35.5. The molecule has 0 saturated carbocycles. The molecular weight excluding hydrogens is 411 g/mol. The summed E-state index contributed by atoms with van der Waals surface area (Å²) in [4.78, 5) is 14.0. The third-order valence-corrected chi connectivity index (χ3v) is 6.36. The van der Waals surface area contributed by atoms with E-state index < -0.39 is 21.7 Å². The molecule has 5 nitrogen and oxygen atoms in total. The molecule has 0 bridgehead atoms. The van der Waals surface area contributed by atoms with Crippen molar-refractivity contribution in [2.45, 2.75) is 11.8 Å². The summed E-state index contributed by atoms with van der Waals surface area (Å²) in [5, 5.41) is 0.428. The molecule has 1 aliphatic rings. The number of amidine groups is 1. The number of nitrogens with zero attached hydrogens (tertiary/aromatic N) is 2. The molecule has 0 unspecified atom stereocenters. The Morgan fingerprint density at radius 2 is 1.85 bits per heavy atom. The van der Waals surface area contributed by atoms with E-state index in [-0.39, 0.29) is 27.1 Å². The zero-order chi connectivity index (χ0) is 19.6. The van der Waals surface area contributed by atoms with E-state index in [0.29, 0.717) is 5.02 Å². The first kappa shape index (κ1) is 19.6. The lowest BCUT2D eigenvalue weighted by Crippen LogP contribution is -2.29. The van der Waals surface area contributed by atoms with Crippen LogP contribution in [-0.4, -0.2) is 30.9 Å². The molecule has 0 spiro atoms. The molecule has 0 radical (unpaired) electrons. The second-order valence-corrected chi connectivity index (χ2v) is 8.53. The Labute approximate surface area is 165 Å². The van der Waals surface area contributed by atoms with Crippen molar-refractivity contribution in [1.29, 1.82) is 0 Å². The Hall–Kier alpha value is -2.16. The molecule has 0 N–H and O–H groups in total.